The number of nitrogen functional groups attached to an aromatic ring is 1. The van der Waals surface area contributed by atoms with Gasteiger partial charge in [-0.25, -0.2) is 0 Å². The highest BCUT2D eigenvalue weighted by Gasteiger charge is 2.07. The summed E-state index contributed by atoms with van der Waals surface area (Å²) in [6, 6.07) is 15.7. The van der Waals surface area contributed by atoms with Crippen LogP contribution in [0.5, 0.6) is 17.2 Å². The van der Waals surface area contributed by atoms with E-state index in [0.717, 1.165) is 5.39 Å². The van der Waals surface area contributed by atoms with E-state index in [0.29, 0.717) is 28.9 Å². The van der Waals surface area contributed by atoms with E-state index in [2.05, 4.69) is 0 Å². The van der Waals surface area contributed by atoms with E-state index in [1.165, 1.54) is 6.07 Å². The van der Waals surface area contributed by atoms with Crippen molar-refractivity contribution < 1.29 is 14.6 Å². The Balaban J connectivity index is 2.00. The Kier molecular flexibility index (Phi) is 3.20. The lowest BCUT2D eigenvalue weighted by Gasteiger charge is -2.08. The Morgan fingerprint density at radius 1 is 0.952 bits per heavy atom. The summed E-state index contributed by atoms with van der Waals surface area (Å²) < 4.78 is 5.74. The van der Waals surface area contributed by atoms with Crippen LogP contribution in [0.1, 0.15) is 10.4 Å². The van der Waals surface area contributed by atoms with E-state index < -0.39 is 0 Å². The maximum absolute atomic E-state index is 11.0. The van der Waals surface area contributed by atoms with Gasteiger partial charge in [0.2, 0.25) is 0 Å². The monoisotopic (exact) mass is 279 g/mol. The van der Waals surface area contributed by atoms with E-state index in [4.69, 9.17) is 10.5 Å². The summed E-state index contributed by atoms with van der Waals surface area (Å²) in [5.74, 6) is 1.30. The largest absolute Gasteiger partial charge is 0.507 e. The van der Waals surface area contributed by atoms with E-state index >= 15 is 0 Å². The fourth-order valence-corrected chi connectivity index (χ4v) is 2.18. The molecule has 0 bridgehead atoms. The van der Waals surface area contributed by atoms with E-state index in [1.54, 1.807) is 42.5 Å². The number of phenolic OH excluding ortho intramolecular Hbond substituents is 1. The minimum absolute atomic E-state index is 0.0234. The number of benzene rings is 3. The number of fused-ring (bicyclic) bond motifs is 1. The standard InChI is InChI=1S/C17H13NO3/c18-12-2-4-13(5-3-12)21-14-6-7-15-11(9-14)1-8-17(20)16(15)10-19/h1-10,20H,18H2. The molecule has 4 heteroatoms. The molecule has 0 spiro atoms. The van der Waals surface area contributed by atoms with Crippen LogP contribution in [0, 0.1) is 0 Å². The Morgan fingerprint density at radius 3 is 2.38 bits per heavy atom. The average molecular weight is 279 g/mol. The molecular weight excluding hydrogens is 266 g/mol. The minimum Gasteiger partial charge on any atom is -0.507 e. The third-order valence-corrected chi connectivity index (χ3v) is 3.24. The quantitative estimate of drug-likeness (QED) is 0.566. The van der Waals surface area contributed by atoms with Gasteiger partial charge in [0.05, 0.1) is 5.56 Å². The third-order valence-electron chi connectivity index (χ3n) is 3.24. The Hall–Kier alpha value is -3.01. The second-order valence-corrected chi connectivity index (χ2v) is 4.67. The summed E-state index contributed by atoms with van der Waals surface area (Å²) in [6.45, 7) is 0. The number of hydrogen-bond donors (Lipinski definition) is 2. The van der Waals surface area contributed by atoms with Gasteiger partial charge in [0.25, 0.3) is 0 Å². The summed E-state index contributed by atoms with van der Waals surface area (Å²) in [6.07, 6.45) is 0.651. The van der Waals surface area contributed by atoms with Gasteiger partial charge < -0.3 is 15.6 Å². The summed E-state index contributed by atoms with van der Waals surface area (Å²) in [7, 11) is 0. The molecule has 104 valence electrons. The summed E-state index contributed by atoms with van der Waals surface area (Å²) in [4.78, 5) is 11.0. The highest BCUT2D eigenvalue weighted by Crippen LogP contribution is 2.30. The van der Waals surface area contributed by atoms with Crippen molar-refractivity contribution in [3.8, 4) is 17.2 Å². The van der Waals surface area contributed by atoms with Crippen molar-refractivity contribution in [2.45, 2.75) is 0 Å². The molecule has 4 nitrogen and oxygen atoms in total. The van der Waals surface area contributed by atoms with Crippen molar-refractivity contribution in [2.24, 2.45) is 0 Å². The zero-order chi connectivity index (χ0) is 14.8. The molecule has 3 rings (SSSR count). The van der Waals surface area contributed by atoms with Crippen LogP contribution in [0.2, 0.25) is 0 Å². The molecule has 0 heterocycles. The molecule has 0 aliphatic heterocycles. The van der Waals surface area contributed by atoms with Crippen LogP contribution in [0.3, 0.4) is 0 Å². The van der Waals surface area contributed by atoms with Crippen LogP contribution in [0.25, 0.3) is 10.8 Å². The Labute approximate surface area is 121 Å². The van der Waals surface area contributed by atoms with Crippen molar-refractivity contribution in [3.05, 3.63) is 60.2 Å². The van der Waals surface area contributed by atoms with Crippen molar-refractivity contribution in [1.29, 1.82) is 0 Å². The molecule has 0 atom stereocenters. The normalized spacial score (nSPS) is 10.5. The lowest BCUT2D eigenvalue weighted by molar-refractivity contribution is 0.112. The number of rotatable bonds is 3. The number of carbonyl (C=O) groups excluding carboxylic acids is 1. The van der Waals surface area contributed by atoms with Crippen molar-refractivity contribution in [3.63, 3.8) is 0 Å². The number of aromatic hydroxyl groups is 1. The molecule has 0 saturated heterocycles. The van der Waals surface area contributed by atoms with E-state index in [-0.39, 0.29) is 11.3 Å². The van der Waals surface area contributed by atoms with Crippen molar-refractivity contribution in [1.82, 2.24) is 0 Å². The molecule has 0 amide bonds. The first kappa shape index (κ1) is 13.0. The third kappa shape index (κ3) is 2.51. The molecule has 0 aliphatic rings. The Bertz CT molecular complexity index is 810. The van der Waals surface area contributed by atoms with Gasteiger partial charge in [0, 0.05) is 5.69 Å². The summed E-state index contributed by atoms with van der Waals surface area (Å²) in [5.41, 5.74) is 6.59. The fraction of sp³-hybridized carbons (Fsp3) is 0. The molecule has 0 aromatic heterocycles. The number of carbonyl (C=O) groups is 1. The van der Waals surface area contributed by atoms with Crippen LogP contribution in [-0.2, 0) is 0 Å². The first-order valence-corrected chi connectivity index (χ1v) is 6.41. The molecule has 0 fully saturated rings. The molecule has 0 aliphatic carbocycles. The van der Waals surface area contributed by atoms with Gasteiger partial charge in [-0.2, -0.15) is 0 Å². The van der Waals surface area contributed by atoms with Crippen LogP contribution in [0.15, 0.2) is 54.6 Å². The van der Waals surface area contributed by atoms with Gasteiger partial charge in [-0.1, -0.05) is 6.07 Å². The van der Waals surface area contributed by atoms with Gasteiger partial charge in [0.1, 0.15) is 17.2 Å². The second kappa shape index (κ2) is 5.17. The molecule has 0 unspecified atom stereocenters. The van der Waals surface area contributed by atoms with Gasteiger partial charge in [0.15, 0.2) is 6.29 Å². The van der Waals surface area contributed by atoms with Crippen molar-refractivity contribution in [2.75, 3.05) is 5.73 Å². The fourth-order valence-electron chi connectivity index (χ4n) is 2.18. The smallest absolute Gasteiger partial charge is 0.154 e. The van der Waals surface area contributed by atoms with Crippen LogP contribution < -0.4 is 10.5 Å². The SMILES string of the molecule is Nc1ccc(Oc2ccc3c(C=O)c(O)ccc3c2)cc1. The highest BCUT2D eigenvalue weighted by molar-refractivity contribution is 6.01. The lowest BCUT2D eigenvalue weighted by Crippen LogP contribution is -1.88. The average Bonchev–Trinajstić information content (AvgIpc) is 2.50. The predicted octanol–water partition coefficient (Wildman–Crippen LogP) is 3.73. The number of aldehydes is 1. The van der Waals surface area contributed by atoms with Gasteiger partial charge in [-0.3, -0.25) is 4.79 Å². The van der Waals surface area contributed by atoms with E-state index in [9.17, 15) is 9.90 Å². The molecule has 3 N–H and O–H groups in total. The summed E-state index contributed by atoms with van der Waals surface area (Å²) in [5, 5.41) is 11.2. The zero-order valence-corrected chi connectivity index (χ0v) is 11.1. The zero-order valence-electron chi connectivity index (χ0n) is 11.1. The molecule has 21 heavy (non-hydrogen) atoms. The molecular formula is C17H13NO3. The summed E-state index contributed by atoms with van der Waals surface area (Å²) >= 11 is 0. The van der Waals surface area contributed by atoms with Crippen LogP contribution >= 0.6 is 0 Å². The topological polar surface area (TPSA) is 72.5 Å². The lowest BCUT2D eigenvalue weighted by atomic mass is 10.0. The predicted molar refractivity (Wildman–Crippen MR) is 81.9 cm³/mol. The minimum atomic E-state index is -0.0234. The van der Waals surface area contributed by atoms with Gasteiger partial charge in [-0.15, -0.1) is 0 Å². The van der Waals surface area contributed by atoms with Gasteiger partial charge >= 0.3 is 0 Å². The number of nitrogens with two attached hydrogens (primary N) is 1. The second-order valence-electron chi connectivity index (χ2n) is 4.67. The molecule has 0 saturated carbocycles. The van der Waals surface area contributed by atoms with Gasteiger partial charge in [-0.05, 0) is 59.3 Å². The number of anilines is 1. The maximum atomic E-state index is 11.0. The molecule has 3 aromatic carbocycles. The first-order chi connectivity index (χ1) is 10.2. The highest BCUT2D eigenvalue weighted by atomic mass is 16.5. The molecule has 3 aromatic rings. The van der Waals surface area contributed by atoms with Crippen LogP contribution in [0.4, 0.5) is 5.69 Å². The first-order valence-electron chi connectivity index (χ1n) is 6.41. The van der Waals surface area contributed by atoms with E-state index in [1.807, 2.05) is 6.07 Å². The molecule has 0 radical (unpaired) electrons. The maximum Gasteiger partial charge on any atom is 0.154 e. The van der Waals surface area contributed by atoms with Crippen molar-refractivity contribution >= 4 is 22.7 Å². The number of phenols is 1. The number of ether oxygens (including phenoxy) is 1. The number of hydrogen-bond acceptors (Lipinski definition) is 4. The Morgan fingerprint density at radius 2 is 1.67 bits per heavy atom. The van der Waals surface area contributed by atoms with Crippen LogP contribution in [-0.4, -0.2) is 11.4 Å².